The molecular formula is C16H20N2O3. The summed E-state index contributed by atoms with van der Waals surface area (Å²) in [5.41, 5.74) is 0.918. The largest absolute Gasteiger partial charge is 0.494 e. The fourth-order valence-electron chi connectivity index (χ4n) is 2.19. The van der Waals surface area contributed by atoms with Crippen LogP contribution in [0.4, 0.5) is 0 Å². The average molecular weight is 288 g/mol. The summed E-state index contributed by atoms with van der Waals surface area (Å²) in [6.07, 6.45) is 3.25. The predicted octanol–water partition coefficient (Wildman–Crippen LogP) is 1.45. The number of nitrogens with one attached hydrogen (secondary N) is 1. The number of nitrogens with zero attached hydrogens (tertiary/aromatic N) is 1. The molecule has 112 valence electrons. The lowest BCUT2D eigenvalue weighted by atomic mass is 10.1. The summed E-state index contributed by atoms with van der Waals surface area (Å²) in [4.78, 5) is 25.2. The molecule has 5 nitrogen and oxygen atoms in total. The number of carbonyl (C=O) groups excluding carboxylic acids is 2. The fourth-order valence-corrected chi connectivity index (χ4v) is 2.19. The zero-order chi connectivity index (χ0) is 15.2. The molecule has 1 aromatic carbocycles. The highest BCUT2D eigenvalue weighted by Gasteiger charge is 2.27. The second kappa shape index (κ2) is 6.92. The van der Waals surface area contributed by atoms with Crippen molar-refractivity contribution in [3.8, 4) is 5.75 Å². The molecule has 5 heteroatoms. The van der Waals surface area contributed by atoms with E-state index in [4.69, 9.17) is 4.74 Å². The molecule has 1 unspecified atom stereocenters. The molecule has 1 aromatic rings. The summed E-state index contributed by atoms with van der Waals surface area (Å²) >= 11 is 0. The minimum absolute atomic E-state index is 0.107. The molecule has 2 rings (SSSR count). The third kappa shape index (κ3) is 3.84. The second-order valence-electron chi connectivity index (χ2n) is 4.83. The van der Waals surface area contributed by atoms with E-state index in [1.807, 2.05) is 31.2 Å². The molecule has 0 bridgehead atoms. The third-order valence-electron chi connectivity index (χ3n) is 3.39. The van der Waals surface area contributed by atoms with Gasteiger partial charge >= 0.3 is 0 Å². The van der Waals surface area contributed by atoms with Crippen molar-refractivity contribution in [2.45, 2.75) is 19.9 Å². The van der Waals surface area contributed by atoms with Gasteiger partial charge in [0, 0.05) is 19.2 Å². The van der Waals surface area contributed by atoms with Gasteiger partial charge in [-0.25, -0.2) is 0 Å². The van der Waals surface area contributed by atoms with Crippen LogP contribution in [0.1, 0.15) is 19.4 Å². The molecule has 1 saturated heterocycles. The van der Waals surface area contributed by atoms with Gasteiger partial charge in [-0.3, -0.25) is 9.59 Å². The Balaban J connectivity index is 1.99. The van der Waals surface area contributed by atoms with Gasteiger partial charge in [0.05, 0.1) is 6.61 Å². The minimum atomic E-state index is -0.420. The Bertz CT molecular complexity index is 537. The van der Waals surface area contributed by atoms with Crippen LogP contribution in [0.3, 0.4) is 0 Å². The maximum absolute atomic E-state index is 12.1. The normalized spacial score (nSPS) is 18.7. The highest BCUT2D eigenvalue weighted by atomic mass is 16.5. The Morgan fingerprint density at radius 2 is 2.14 bits per heavy atom. The van der Waals surface area contributed by atoms with E-state index in [1.54, 1.807) is 17.9 Å². The first kappa shape index (κ1) is 15.1. The molecule has 1 aliphatic rings. The van der Waals surface area contributed by atoms with Gasteiger partial charge in [-0.15, -0.1) is 0 Å². The molecule has 1 heterocycles. The smallest absolute Gasteiger partial charge is 0.247 e. The lowest BCUT2D eigenvalue weighted by molar-refractivity contribution is -0.139. The minimum Gasteiger partial charge on any atom is -0.494 e. The Labute approximate surface area is 124 Å². The molecule has 21 heavy (non-hydrogen) atoms. The number of piperazine rings is 1. The van der Waals surface area contributed by atoms with Gasteiger partial charge in [0.25, 0.3) is 0 Å². The molecule has 0 aromatic heterocycles. The predicted molar refractivity (Wildman–Crippen MR) is 80.8 cm³/mol. The van der Waals surface area contributed by atoms with Crippen LogP contribution in [0, 0.1) is 0 Å². The molecule has 1 atom stereocenters. The van der Waals surface area contributed by atoms with Crippen molar-refractivity contribution in [3.05, 3.63) is 35.9 Å². The van der Waals surface area contributed by atoms with Crippen molar-refractivity contribution >= 4 is 17.9 Å². The molecule has 0 aliphatic carbocycles. The van der Waals surface area contributed by atoms with Gasteiger partial charge < -0.3 is 15.0 Å². The van der Waals surface area contributed by atoms with Gasteiger partial charge in [0.1, 0.15) is 11.8 Å². The van der Waals surface area contributed by atoms with Crippen molar-refractivity contribution in [2.24, 2.45) is 0 Å². The first-order valence-electron chi connectivity index (χ1n) is 7.11. The van der Waals surface area contributed by atoms with Gasteiger partial charge in [0.15, 0.2) is 0 Å². The van der Waals surface area contributed by atoms with E-state index < -0.39 is 6.04 Å². The first-order valence-corrected chi connectivity index (χ1v) is 7.11. The van der Waals surface area contributed by atoms with Crippen molar-refractivity contribution in [1.82, 2.24) is 10.2 Å². The zero-order valence-corrected chi connectivity index (χ0v) is 12.3. The van der Waals surface area contributed by atoms with Gasteiger partial charge in [-0.2, -0.15) is 0 Å². The molecule has 0 radical (unpaired) electrons. The van der Waals surface area contributed by atoms with Crippen molar-refractivity contribution in [1.29, 1.82) is 0 Å². The van der Waals surface area contributed by atoms with Crippen molar-refractivity contribution in [2.75, 3.05) is 19.7 Å². The number of amides is 2. The molecular weight excluding hydrogens is 268 g/mol. The molecule has 2 amide bonds. The number of hydrogen-bond donors (Lipinski definition) is 1. The number of hydrogen-bond acceptors (Lipinski definition) is 3. The Hall–Kier alpha value is -2.30. The van der Waals surface area contributed by atoms with E-state index in [9.17, 15) is 9.59 Å². The van der Waals surface area contributed by atoms with E-state index in [1.165, 1.54) is 6.08 Å². The maximum Gasteiger partial charge on any atom is 0.247 e. The topological polar surface area (TPSA) is 58.6 Å². The van der Waals surface area contributed by atoms with Gasteiger partial charge in [-0.05, 0) is 37.6 Å². The van der Waals surface area contributed by atoms with Crippen LogP contribution in [-0.2, 0) is 9.59 Å². The van der Waals surface area contributed by atoms with Crippen LogP contribution < -0.4 is 10.1 Å². The van der Waals surface area contributed by atoms with Crippen molar-refractivity contribution in [3.63, 3.8) is 0 Å². The molecule has 1 aliphatic heterocycles. The van der Waals surface area contributed by atoms with Crippen LogP contribution >= 0.6 is 0 Å². The van der Waals surface area contributed by atoms with E-state index in [0.717, 1.165) is 11.3 Å². The van der Waals surface area contributed by atoms with E-state index in [2.05, 4.69) is 5.32 Å². The second-order valence-corrected chi connectivity index (χ2v) is 4.83. The summed E-state index contributed by atoms with van der Waals surface area (Å²) in [5.74, 6) is 0.553. The number of carbonyl (C=O) groups is 2. The lowest BCUT2D eigenvalue weighted by Gasteiger charge is -2.31. The van der Waals surface area contributed by atoms with E-state index >= 15 is 0 Å². The summed E-state index contributed by atoms with van der Waals surface area (Å²) < 4.78 is 5.36. The molecule has 0 saturated carbocycles. The highest BCUT2D eigenvalue weighted by Crippen LogP contribution is 2.13. The van der Waals surface area contributed by atoms with Crippen molar-refractivity contribution < 1.29 is 14.3 Å². The van der Waals surface area contributed by atoms with Crippen LogP contribution in [0.5, 0.6) is 5.75 Å². The summed E-state index contributed by atoms with van der Waals surface area (Å²) in [6, 6.07) is 7.09. The third-order valence-corrected chi connectivity index (χ3v) is 3.39. The van der Waals surface area contributed by atoms with Crippen LogP contribution in [0.15, 0.2) is 30.3 Å². The molecule has 1 fully saturated rings. The van der Waals surface area contributed by atoms with E-state index in [-0.39, 0.29) is 11.8 Å². The molecule has 1 N–H and O–H groups in total. The number of rotatable bonds is 4. The average Bonchev–Trinajstić information content (AvgIpc) is 2.49. The SMILES string of the molecule is CCOc1ccc(C=CC(=O)N2CCNC(=O)C2C)cc1. The van der Waals surface area contributed by atoms with Crippen LogP contribution in [-0.4, -0.2) is 42.5 Å². The summed E-state index contributed by atoms with van der Waals surface area (Å²) in [6.45, 7) is 5.34. The Morgan fingerprint density at radius 1 is 1.43 bits per heavy atom. The number of ether oxygens (including phenoxy) is 1. The quantitative estimate of drug-likeness (QED) is 0.853. The Morgan fingerprint density at radius 3 is 2.81 bits per heavy atom. The standard InChI is InChI=1S/C16H20N2O3/c1-3-21-14-7-4-13(5-8-14)6-9-15(19)18-11-10-17-16(20)12(18)2/h4-9,12H,3,10-11H2,1-2H3,(H,17,20). The summed E-state index contributed by atoms with van der Waals surface area (Å²) in [7, 11) is 0. The first-order chi connectivity index (χ1) is 10.1. The van der Waals surface area contributed by atoms with Gasteiger partial charge in [-0.1, -0.05) is 12.1 Å². The zero-order valence-electron chi connectivity index (χ0n) is 12.3. The number of benzene rings is 1. The van der Waals surface area contributed by atoms with Crippen LogP contribution in [0.2, 0.25) is 0 Å². The monoisotopic (exact) mass is 288 g/mol. The van der Waals surface area contributed by atoms with E-state index in [0.29, 0.717) is 19.7 Å². The van der Waals surface area contributed by atoms with Gasteiger partial charge in [0.2, 0.25) is 11.8 Å². The lowest BCUT2D eigenvalue weighted by Crippen LogP contribution is -2.55. The van der Waals surface area contributed by atoms with Crippen LogP contribution in [0.25, 0.3) is 6.08 Å². The fraction of sp³-hybridized carbons (Fsp3) is 0.375. The summed E-state index contributed by atoms with van der Waals surface area (Å²) in [5, 5.41) is 2.74. The maximum atomic E-state index is 12.1. The Kier molecular flexibility index (Phi) is 4.98. The molecule has 0 spiro atoms. The highest BCUT2D eigenvalue weighted by molar-refractivity contribution is 5.96.